The van der Waals surface area contributed by atoms with E-state index in [2.05, 4.69) is 0 Å². The fourth-order valence-corrected chi connectivity index (χ4v) is 3.18. The second-order valence-corrected chi connectivity index (χ2v) is 7.47. The van der Waals surface area contributed by atoms with E-state index in [9.17, 15) is 14.4 Å². The standard InChI is InChI=1S/C27H24O5.C4H6O/c1-4-6-26(28)31-22-13-8-19(9-14-22)21-12-17-24(25(18-21)30-3)20-10-15-23(16-11-20)32-27(29)7-5-2;1-2-3-4-5/h4-18H,1-3H3;2-4H,1H3/b6-4+,7-5+;3-2+. The second kappa shape index (κ2) is 15.3. The summed E-state index contributed by atoms with van der Waals surface area (Å²) in [7, 11) is 1.62. The van der Waals surface area contributed by atoms with Crippen molar-refractivity contribution >= 4 is 18.2 Å². The molecular formula is C31H30O6. The molecule has 0 N–H and O–H groups in total. The molecule has 0 saturated carbocycles. The SMILES string of the molecule is C/C=C/C(=O)Oc1ccc(-c2ccc(-c3ccc(OC(=O)/C=C/C)cc3)c(OC)c2)cc1.C/C=C/C=O. The van der Waals surface area contributed by atoms with Gasteiger partial charge in [0.15, 0.2) is 0 Å². The molecule has 0 unspecified atom stereocenters. The Morgan fingerprint density at radius 3 is 1.54 bits per heavy atom. The van der Waals surface area contributed by atoms with E-state index in [-0.39, 0.29) is 0 Å². The lowest BCUT2D eigenvalue weighted by Gasteiger charge is -2.12. The number of benzene rings is 3. The first-order valence-electron chi connectivity index (χ1n) is 11.6. The number of esters is 2. The van der Waals surface area contributed by atoms with Gasteiger partial charge in [-0.05, 0) is 73.9 Å². The number of carbonyl (C=O) groups is 3. The zero-order chi connectivity index (χ0) is 27.0. The van der Waals surface area contributed by atoms with Crippen LogP contribution in [0.1, 0.15) is 20.8 Å². The maximum atomic E-state index is 11.6. The molecule has 3 rings (SSSR count). The number of ether oxygens (including phenoxy) is 3. The molecular weight excluding hydrogens is 468 g/mol. The number of aldehydes is 1. The summed E-state index contributed by atoms with van der Waals surface area (Å²) in [5, 5.41) is 0. The summed E-state index contributed by atoms with van der Waals surface area (Å²) in [6, 6.07) is 20.5. The monoisotopic (exact) mass is 498 g/mol. The van der Waals surface area contributed by atoms with E-state index in [0.29, 0.717) is 17.2 Å². The molecule has 0 atom stereocenters. The zero-order valence-corrected chi connectivity index (χ0v) is 21.3. The van der Waals surface area contributed by atoms with Crippen LogP contribution in [0.25, 0.3) is 22.3 Å². The molecule has 0 spiro atoms. The van der Waals surface area contributed by atoms with Crippen LogP contribution in [-0.4, -0.2) is 25.3 Å². The largest absolute Gasteiger partial charge is 0.496 e. The highest BCUT2D eigenvalue weighted by molar-refractivity contribution is 5.85. The highest BCUT2D eigenvalue weighted by atomic mass is 16.5. The van der Waals surface area contributed by atoms with Gasteiger partial charge in [-0.2, -0.15) is 0 Å². The molecule has 6 nitrogen and oxygen atoms in total. The van der Waals surface area contributed by atoms with Gasteiger partial charge >= 0.3 is 11.9 Å². The molecule has 0 amide bonds. The van der Waals surface area contributed by atoms with Crippen molar-refractivity contribution in [3.63, 3.8) is 0 Å². The molecule has 190 valence electrons. The molecule has 6 heteroatoms. The maximum absolute atomic E-state index is 11.6. The van der Waals surface area contributed by atoms with E-state index in [4.69, 9.17) is 14.2 Å². The van der Waals surface area contributed by atoms with Gasteiger partial charge in [0.25, 0.3) is 0 Å². The minimum atomic E-state index is -0.412. The number of rotatable bonds is 8. The number of hydrogen-bond donors (Lipinski definition) is 0. The maximum Gasteiger partial charge on any atom is 0.335 e. The quantitative estimate of drug-likeness (QED) is 0.148. The molecule has 0 aliphatic heterocycles. The Kier molecular flexibility index (Phi) is 11.8. The van der Waals surface area contributed by atoms with Crippen LogP contribution in [0.5, 0.6) is 17.2 Å². The van der Waals surface area contributed by atoms with Crippen molar-refractivity contribution in [1.82, 2.24) is 0 Å². The molecule has 0 saturated heterocycles. The summed E-state index contributed by atoms with van der Waals surface area (Å²) in [4.78, 5) is 32.5. The molecule has 0 radical (unpaired) electrons. The van der Waals surface area contributed by atoms with Crippen LogP contribution in [0.2, 0.25) is 0 Å². The third-order valence-electron chi connectivity index (χ3n) is 4.87. The molecule has 0 aromatic heterocycles. The molecule has 0 fully saturated rings. The van der Waals surface area contributed by atoms with E-state index in [1.54, 1.807) is 70.4 Å². The first-order chi connectivity index (χ1) is 17.9. The van der Waals surface area contributed by atoms with Gasteiger partial charge in [0.2, 0.25) is 0 Å². The number of hydrogen-bond acceptors (Lipinski definition) is 6. The summed E-state index contributed by atoms with van der Waals surface area (Å²) in [5.41, 5.74) is 3.78. The van der Waals surface area contributed by atoms with Crippen molar-refractivity contribution in [2.45, 2.75) is 20.8 Å². The van der Waals surface area contributed by atoms with Gasteiger partial charge < -0.3 is 14.2 Å². The Hall–Kier alpha value is -4.71. The lowest BCUT2D eigenvalue weighted by atomic mass is 9.99. The normalized spacial score (nSPS) is 10.7. The lowest BCUT2D eigenvalue weighted by Crippen LogP contribution is -2.03. The second-order valence-electron chi connectivity index (χ2n) is 7.47. The Morgan fingerprint density at radius 1 is 0.649 bits per heavy atom. The van der Waals surface area contributed by atoms with Gasteiger partial charge in [0.1, 0.15) is 23.5 Å². The summed E-state index contributed by atoms with van der Waals surface area (Å²) in [6.45, 7) is 5.32. The van der Waals surface area contributed by atoms with Crippen molar-refractivity contribution < 1.29 is 28.6 Å². The molecule has 0 heterocycles. The van der Waals surface area contributed by atoms with Crippen LogP contribution < -0.4 is 14.2 Å². The van der Waals surface area contributed by atoms with Crippen LogP contribution >= 0.6 is 0 Å². The van der Waals surface area contributed by atoms with Crippen LogP contribution in [0.15, 0.2) is 103 Å². The van der Waals surface area contributed by atoms with Crippen LogP contribution in [0.4, 0.5) is 0 Å². The van der Waals surface area contributed by atoms with Crippen molar-refractivity contribution in [1.29, 1.82) is 0 Å². The molecule has 3 aromatic rings. The van der Waals surface area contributed by atoms with Gasteiger partial charge in [-0.25, -0.2) is 9.59 Å². The Morgan fingerprint density at radius 2 is 1.14 bits per heavy atom. The van der Waals surface area contributed by atoms with Gasteiger partial charge in [-0.1, -0.05) is 54.6 Å². The summed E-state index contributed by atoms with van der Waals surface area (Å²) in [5.74, 6) is 0.849. The van der Waals surface area contributed by atoms with E-state index >= 15 is 0 Å². The van der Waals surface area contributed by atoms with E-state index in [0.717, 1.165) is 28.5 Å². The third-order valence-corrected chi connectivity index (χ3v) is 4.87. The molecule has 3 aromatic carbocycles. The number of methoxy groups -OCH3 is 1. The minimum absolute atomic E-state index is 0.408. The topological polar surface area (TPSA) is 78.9 Å². The highest BCUT2D eigenvalue weighted by Crippen LogP contribution is 2.35. The van der Waals surface area contributed by atoms with Gasteiger partial charge in [0, 0.05) is 17.7 Å². The third kappa shape index (κ3) is 9.11. The first-order valence-corrected chi connectivity index (χ1v) is 11.6. The predicted molar refractivity (Wildman–Crippen MR) is 146 cm³/mol. The zero-order valence-electron chi connectivity index (χ0n) is 21.3. The van der Waals surface area contributed by atoms with Crippen LogP contribution in [0, 0.1) is 0 Å². The Balaban J connectivity index is 0.000000877. The van der Waals surface area contributed by atoms with E-state index < -0.39 is 11.9 Å². The number of carbonyl (C=O) groups excluding carboxylic acids is 3. The summed E-state index contributed by atoms with van der Waals surface area (Å²) >= 11 is 0. The fraction of sp³-hybridized carbons (Fsp3) is 0.129. The average molecular weight is 499 g/mol. The minimum Gasteiger partial charge on any atom is -0.496 e. The highest BCUT2D eigenvalue weighted by Gasteiger charge is 2.10. The summed E-state index contributed by atoms with van der Waals surface area (Å²) in [6.07, 6.45) is 9.89. The van der Waals surface area contributed by atoms with Crippen LogP contribution in [-0.2, 0) is 14.4 Å². The molecule has 0 aliphatic rings. The Bertz CT molecular complexity index is 1270. The molecule has 37 heavy (non-hydrogen) atoms. The van der Waals surface area contributed by atoms with Gasteiger partial charge in [-0.3, -0.25) is 4.79 Å². The Labute approximate surface area is 217 Å². The van der Waals surface area contributed by atoms with Crippen molar-refractivity contribution in [2.75, 3.05) is 7.11 Å². The van der Waals surface area contributed by atoms with Gasteiger partial charge in [-0.15, -0.1) is 0 Å². The number of allylic oxidation sites excluding steroid dienone is 4. The lowest BCUT2D eigenvalue weighted by molar-refractivity contribution is -0.129. The summed E-state index contributed by atoms with van der Waals surface area (Å²) < 4.78 is 16.1. The smallest absolute Gasteiger partial charge is 0.335 e. The van der Waals surface area contributed by atoms with Crippen molar-refractivity contribution in [3.05, 3.63) is 103 Å². The van der Waals surface area contributed by atoms with E-state index in [1.807, 2.05) is 42.5 Å². The average Bonchev–Trinajstić information content (AvgIpc) is 2.90. The predicted octanol–water partition coefficient (Wildman–Crippen LogP) is 6.75. The molecule has 0 aliphatic carbocycles. The van der Waals surface area contributed by atoms with Crippen LogP contribution in [0.3, 0.4) is 0 Å². The van der Waals surface area contributed by atoms with Crippen molar-refractivity contribution in [3.8, 4) is 39.5 Å². The first kappa shape index (κ1) is 28.5. The van der Waals surface area contributed by atoms with E-state index in [1.165, 1.54) is 18.2 Å². The molecule has 0 bridgehead atoms. The fourth-order valence-electron chi connectivity index (χ4n) is 3.18. The van der Waals surface area contributed by atoms with Gasteiger partial charge in [0.05, 0.1) is 7.11 Å². The van der Waals surface area contributed by atoms with Crippen molar-refractivity contribution in [2.24, 2.45) is 0 Å².